The topological polar surface area (TPSA) is 38.1 Å². The summed E-state index contributed by atoms with van der Waals surface area (Å²) < 4.78 is 5.26. The maximum Gasteiger partial charge on any atom is 0.181 e. The summed E-state index contributed by atoms with van der Waals surface area (Å²) >= 11 is 1.78. The van der Waals surface area contributed by atoms with E-state index in [-0.39, 0.29) is 0 Å². The number of anilines is 1. The summed E-state index contributed by atoms with van der Waals surface area (Å²) in [4.78, 5) is 5.29. The minimum atomic E-state index is 0.792. The highest BCUT2D eigenvalue weighted by Gasteiger charge is 2.02. The first-order valence-corrected chi connectivity index (χ1v) is 6.96. The van der Waals surface area contributed by atoms with Crippen LogP contribution in [-0.2, 0) is 6.54 Å². The van der Waals surface area contributed by atoms with Crippen LogP contribution in [0.4, 0.5) is 5.69 Å². The zero-order chi connectivity index (χ0) is 13.1. The van der Waals surface area contributed by atoms with Crippen LogP contribution >= 0.6 is 11.3 Å². The Morgan fingerprint density at radius 1 is 1.21 bits per heavy atom. The molecule has 2 heterocycles. The summed E-state index contributed by atoms with van der Waals surface area (Å²) in [6.07, 6.45) is 3.17. The van der Waals surface area contributed by atoms with Crippen molar-refractivity contribution in [2.75, 3.05) is 5.32 Å². The summed E-state index contributed by atoms with van der Waals surface area (Å²) in [5, 5.41) is 5.55. The molecule has 0 aliphatic rings. The third-order valence-electron chi connectivity index (χ3n) is 3.02. The highest BCUT2D eigenvalue weighted by molar-refractivity contribution is 7.10. The molecule has 0 aliphatic heterocycles. The lowest BCUT2D eigenvalue weighted by Crippen LogP contribution is -1.98. The van der Waals surface area contributed by atoms with Crippen molar-refractivity contribution >= 4 is 17.0 Å². The van der Waals surface area contributed by atoms with Crippen LogP contribution in [0, 0.1) is 6.92 Å². The first kappa shape index (κ1) is 12.0. The third kappa shape index (κ3) is 2.69. The zero-order valence-electron chi connectivity index (χ0n) is 10.6. The molecule has 3 nitrogen and oxygen atoms in total. The molecule has 1 aromatic carbocycles. The van der Waals surface area contributed by atoms with Gasteiger partial charge in [-0.3, -0.25) is 0 Å². The second-order valence-electron chi connectivity index (χ2n) is 4.32. The van der Waals surface area contributed by atoms with Gasteiger partial charge in [-0.15, -0.1) is 11.3 Å². The number of hydrogen-bond donors (Lipinski definition) is 1. The van der Waals surface area contributed by atoms with Crippen LogP contribution in [0.2, 0.25) is 0 Å². The summed E-state index contributed by atoms with van der Waals surface area (Å²) in [7, 11) is 0. The van der Waals surface area contributed by atoms with Crippen molar-refractivity contribution < 1.29 is 4.42 Å². The van der Waals surface area contributed by atoms with Gasteiger partial charge < -0.3 is 9.73 Å². The van der Waals surface area contributed by atoms with E-state index in [0.717, 1.165) is 23.6 Å². The lowest BCUT2D eigenvalue weighted by Gasteiger charge is -2.06. The molecule has 19 heavy (non-hydrogen) atoms. The van der Waals surface area contributed by atoms with Crippen LogP contribution < -0.4 is 5.32 Å². The van der Waals surface area contributed by atoms with Crippen molar-refractivity contribution in [1.82, 2.24) is 4.98 Å². The van der Waals surface area contributed by atoms with E-state index in [1.54, 1.807) is 17.5 Å². The van der Waals surface area contributed by atoms with E-state index in [1.165, 1.54) is 16.8 Å². The monoisotopic (exact) mass is 270 g/mol. The summed E-state index contributed by atoms with van der Waals surface area (Å²) in [5.41, 5.74) is 3.49. The van der Waals surface area contributed by atoms with Gasteiger partial charge in [0.1, 0.15) is 0 Å². The van der Waals surface area contributed by atoms with E-state index in [2.05, 4.69) is 40.8 Å². The van der Waals surface area contributed by atoms with Gasteiger partial charge >= 0.3 is 0 Å². The third-order valence-corrected chi connectivity index (χ3v) is 4.05. The van der Waals surface area contributed by atoms with E-state index in [1.807, 2.05) is 12.1 Å². The van der Waals surface area contributed by atoms with Crippen molar-refractivity contribution in [3.63, 3.8) is 0 Å². The van der Waals surface area contributed by atoms with E-state index in [4.69, 9.17) is 4.42 Å². The molecule has 0 atom stereocenters. The number of aromatic nitrogens is 1. The van der Waals surface area contributed by atoms with E-state index < -0.39 is 0 Å². The largest absolute Gasteiger partial charge is 0.444 e. The van der Waals surface area contributed by atoms with Gasteiger partial charge in [0, 0.05) is 22.7 Å². The average molecular weight is 270 g/mol. The number of rotatable bonds is 4. The standard InChI is InChI=1S/C15H14N2OS/c1-11-6-7-19-15(11)9-17-13-4-2-12(3-5-13)14-8-16-10-18-14/h2-8,10,17H,9H2,1H3. The van der Waals surface area contributed by atoms with E-state index in [9.17, 15) is 0 Å². The highest BCUT2D eigenvalue weighted by atomic mass is 32.1. The van der Waals surface area contributed by atoms with Gasteiger partial charge in [-0.1, -0.05) is 0 Å². The smallest absolute Gasteiger partial charge is 0.181 e. The molecule has 0 saturated heterocycles. The molecular formula is C15H14N2OS. The van der Waals surface area contributed by atoms with Crippen molar-refractivity contribution in [3.05, 3.63) is 58.7 Å². The normalized spacial score (nSPS) is 10.6. The van der Waals surface area contributed by atoms with Crippen molar-refractivity contribution in [3.8, 4) is 11.3 Å². The summed E-state index contributed by atoms with van der Waals surface area (Å²) in [5.74, 6) is 0.792. The molecular weight excluding hydrogens is 256 g/mol. The van der Waals surface area contributed by atoms with Crippen LogP contribution in [0.3, 0.4) is 0 Å². The fourth-order valence-electron chi connectivity index (χ4n) is 1.88. The number of benzene rings is 1. The molecule has 1 N–H and O–H groups in total. The first-order chi connectivity index (χ1) is 9.33. The molecule has 2 aromatic heterocycles. The van der Waals surface area contributed by atoms with Crippen LogP contribution in [0.1, 0.15) is 10.4 Å². The van der Waals surface area contributed by atoms with Gasteiger partial charge in [0.25, 0.3) is 0 Å². The molecule has 0 aliphatic carbocycles. The van der Waals surface area contributed by atoms with E-state index >= 15 is 0 Å². The molecule has 0 unspecified atom stereocenters. The molecule has 0 saturated carbocycles. The Morgan fingerprint density at radius 2 is 2.05 bits per heavy atom. The van der Waals surface area contributed by atoms with Crippen molar-refractivity contribution in [1.29, 1.82) is 0 Å². The van der Waals surface area contributed by atoms with Crippen LogP contribution in [0.5, 0.6) is 0 Å². The highest BCUT2D eigenvalue weighted by Crippen LogP contribution is 2.22. The maximum atomic E-state index is 5.26. The SMILES string of the molecule is Cc1ccsc1CNc1ccc(-c2cnco2)cc1. The number of nitrogens with one attached hydrogen (secondary N) is 1. The minimum Gasteiger partial charge on any atom is -0.444 e. The fraction of sp³-hybridized carbons (Fsp3) is 0.133. The predicted molar refractivity (Wildman–Crippen MR) is 78.3 cm³/mol. The van der Waals surface area contributed by atoms with Gasteiger partial charge in [-0.05, 0) is 48.2 Å². The number of hydrogen-bond acceptors (Lipinski definition) is 4. The molecule has 0 amide bonds. The van der Waals surface area contributed by atoms with Crippen molar-refractivity contribution in [2.45, 2.75) is 13.5 Å². The lowest BCUT2D eigenvalue weighted by molar-refractivity contribution is 0.572. The van der Waals surface area contributed by atoms with Gasteiger partial charge in [0.15, 0.2) is 12.2 Å². The number of nitrogens with zero attached hydrogens (tertiary/aromatic N) is 1. The Labute approximate surface area is 115 Å². The minimum absolute atomic E-state index is 0.792. The molecule has 0 bridgehead atoms. The Bertz CT molecular complexity index is 641. The number of thiophene rings is 1. The quantitative estimate of drug-likeness (QED) is 0.767. The van der Waals surface area contributed by atoms with Crippen molar-refractivity contribution in [2.24, 2.45) is 0 Å². The molecule has 96 valence electrons. The number of aryl methyl sites for hydroxylation is 1. The number of oxazole rings is 1. The maximum absolute atomic E-state index is 5.26. The van der Waals surface area contributed by atoms with Crippen LogP contribution in [0.25, 0.3) is 11.3 Å². The van der Waals surface area contributed by atoms with Gasteiger partial charge in [-0.2, -0.15) is 0 Å². The molecule has 0 spiro atoms. The van der Waals surface area contributed by atoms with Gasteiger partial charge in [-0.25, -0.2) is 4.98 Å². The Morgan fingerprint density at radius 3 is 2.68 bits per heavy atom. The zero-order valence-corrected chi connectivity index (χ0v) is 11.4. The Balaban J connectivity index is 1.68. The molecule has 0 fully saturated rings. The Hall–Kier alpha value is -2.07. The second kappa shape index (κ2) is 5.28. The summed E-state index contributed by atoms with van der Waals surface area (Å²) in [6, 6.07) is 10.3. The van der Waals surface area contributed by atoms with Gasteiger partial charge in [0.05, 0.1) is 6.20 Å². The second-order valence-corrected chi connectivity index (χ2v) is 5.32. The van der Waals surface area contributed by atoms with Gasteiger partial charge in [0.2, 0.25) is 0 Å². The first-order valence-electron chi connectivity index (χ1n) is 6.09. The average Bonchev–Trinajstić information content (AvgIpc) is 3.09. The Kier molecular flexibility index (Phi) is 3.33. The van der Waals surface area contributed by atoms with E-state index in [0.29, 0.717) is 0 Å². The lowest BCUT2D eigenvalue weighted by atomic mass is 10.1. The molecule has 3 aromatic rings. The predicted octanol–water partition coefficient (Wildman–Crippen LogP) is 4.32. The summed E-state index contributed by atoms with van der Waals surface area (Å²) in [6.45, 7) is 3.01. The molecule has 4 heteroatoms. The fourth-order valence-corrected chi connectivity index (χ4v) is 2.72. The molecule has 3 rings (SSSR count). The van der Waals surface area contributed by atoms with Crippen LogP contribution in [0.15, 0.2) is 52.7 Å². The molecule has 0 radical (unpaired) electrons. The van der Waals surface area contributed by atoms with Crippen LogP contribution in [-0.4, -0.2) is 4.98 Å².